The minimum absolute atomic E-state index is 0.127. The van der Waals surface area contributed by atoms with Crippen molar-refractivity contribution in [2.24, 2.45) is 0 Å². The molecule has 2 rings (SSSR count). The minimum atomic E-state index is -1.18. The molecule has 0 bridgehead atoms. The van der Waals surface area contributed by atoms with Crippen molar-refractivity contribution in [1.29, 1.82) is 0 Å². The SMILES string of the molecule is CNC(=O)C(NC(=O)C(C)Oc1cc(C(C)C)ccc1C)c1ccc(F)c(F)c1. The Hall–Kier alpha value is -2.96. The lowest BCUT2D eigenvalue weighted by atomic mass is 10.0. The van der Waals surface area contributed by atoms with Gasteiger partial charge in [0.25, 0.3) is 5.91 Å². The molecular weight excluding hydrogens is 378 g/mol. The maximum atomic E-state index is 13.6. The van der Waals surface area contributed by atoms with Crippen molar-refractivity contribution in [1.82, 2.24) is 10.6 Å². The topological polar surface area (TPSA) is 67.4 Å². The number of carbonyl (C=O) groups excluding carboxylic acids is 2. The molecule has 2 unspecified atom stereocenters. The molecule has 0 spiro atoms. The van der Waals surface area contributed by atoms with Gasteiger partial charge in [0, 0.05) is 7.05 Å². The van der Waals surface area contributed by atoms with Crippen LogP contribution in [0.15, 0.2) is 36.4 Å². The first-order valence-corrected chi connectivity index (χ1v) is 9.38. The molecule has 0 radical (unpaired) electrons. The molecule has 156 valence electrons. The first kappa shape index (κ1) is 22.3. The molecule has 2 N–H and O–H groups in total. The second kappa shape index (κ2) is 9.49. The fourth-order valence-electron chi connectivity index (χ4n) is 2.74. The van der Waals surface area contributed by atoms with Crippen LogP contribution in [0.2, 0.25) is 0 Å². The molecule has 29 heavy (non-hydrogen) atoms. The Labute approximate surface area is 169 Å². The summed E-state index contributed by atoms with van der Waals surface area (Å²) in [7, 11) is 1.39. The van der Waals surface area contributed by atoms with Crippen LogP contribution in [0.25, 0.3) is 0 Å². The predicted molar refractivity (Wildman–Crippen MR) is 107 cm³/mol. The standard InChI is InChI=1S/C22H26F2N2O3/c1-12(2)15-7-6-13(3)19(11-15)29-14(4)21(27)26-20(22(28)25-5)16-8-9-17(23)18(24)10-16/h6-12,14,20H,1-5H3,(H,25,28)(H,26,27). The van der Waals surface area contributed by atoms with Crippen molar-refractivity contribution in [3.05, 3.63) is 64.7 Å². The van der Waals surface area contributed by atoms with Crippen LogP contribution in [-0.4, -0.2) is 25.0 Å². The van der Waals surface area contributed by atoms with Gasteiger partial charge in [0.15, 0.2) is 17.7 Å². The Morgan fingerprint density at radius 3 is 2.17 bits per heavy atom. The van der Waals surface area contributed by atoms with Gasteiger partial charge >= 0.3 is 0 Å². The van der Waals surface area contributed by atoms with E-state index in [1.807, 2.05) is 25.1 Å². The van der Waals surface area contributed by atoms with Crippen molar-refractivity contribution >= 4 is 11.8 Å². The Morgan fingerprint density at radius 2 is 1.59 bits per heavy atom. The highest BCUT2D eigenvalue weighted by Gasteiger charge is 2.26. The van der Waals surface area contributed by atoms with E-state index in [1.54, 1.807) is 6.92 Å². The van der Waals surface area contributed by atoms with E-state index in [0.717, 1.165) is 23.3 Å². The number of amides is 2. The number of carbonyl (C=O) groups is 2. The molecule has 0 fully saturated rings. The maximum Gasteiger partial charge on any atom is 0.261 e. The van der Waals surface area contributed by atoms with Crippen molar-refractivity contribution < 1.29 is 23.1 Å². The van der Waals surface area contributed by atoms with Crippen molar-refractivity contribution in [2.75, 3.05) is 7.05 Å². The van der Waals surface area contributed by atoms with E-state index in [1.165, 1.54) is 13.1 Å². The highest BCUT2D eigenvalue weighted by atomic mass is 19.2. The first-order valence-electron chi connectivity index (χ1n) is 9.38. The minimum Gasteiger partial charge on any atom is -0.481 e. The van der Waals surface area contributed by atoms with Crippen LogP contribution in [0.3, 0.4) is 0 Å². The molecule has 2 aromatic rings. The van der Waals surface area contributed by atoms with Crippen LogP contribution in [-0.2, 0) is 9.59 Å². The number of hydrogen-bond donors (Lipinski definition) is 2. The van der Waals surface area contributed by atoms with Crippen molar-refractivity contribution in [3.63, 3.8) is 0 Å². The average Bonchev–Trinajstić information content (AvgIpc) is 2.68. The molecule has 0 aliphatic rings. The fraction of sp³-hybridized carbons (Fsp3) is 0.364. The zero-order valence-electron chi connectivity index (χ0n) is 17.2. The summed E-state index contributed by atoms with van der Waals surface area (Å²) in [6.45, 7) is 7.54. The first-order chi connectivity index (χ1) is 13.6. The molecule has 2 amide bonds. The van der Waals surface area contributed by atoms with Crippen LogP contribution >= 0.6 is 0 Å². The van der Waals surface area contributed by atoms with E-state index < -0.39 is 35.6 Å². The summed E-state index contributed by atoms with van der Waals surface area (Å²) in [5.74, 6) is -2.38. The van der Waals surface area contributed by atoms with Gasteiger partial charge in [-0.25, -0.2) is 8.78 Å². The normalized spacial score (nSPS) is 13.0. The molecule has 0 aromatic heterocycles. The van der Waals surface area contributed by atoms with Crippen molar-refractivity contribution in [3.8, 4) is 5.75 Å². The number of benzene rings is 2. The van der Waals surface area contributed by atoms with Crippen LogP contribution in [0.4, 0.5) is 8.78 Å². The molecule has 5 nitrogen and oxygen atoms in total. The number of aryl methyl sites for hydroxylation is 1. The summed E-state index contributed by atoms with van der Waals surface area (Å²) in [6.07, 6.45) is -0.909. The van der Waals surface area contributed by atoms with E-state index in [2.05, 4.69) is 24.5 Å². The smallest absolute Gasteiger partial charge is 0.261 e. The number of ether oxygens (including phenoxy) is 1. The largest absolute Gasteiger partial charge is 0.481 e. The summed E-state index contributed by atoms with van der Waals surface area (Å²) in [4.78, 5) is 24.9. The summed E-state index contributed by atoms with van der Waals surface area (Å²) in [6, 6.07) is 7.67. The van der Waals surface area contributed by atoms with Crippen LogP contribution in [0, 0.1) is 18.6 Å². The van der Waals surface area contributed by atoms with Gasteiger partial charge in [-0.1, -0.05) is 32.0 Å². The molecule has 0 aliphatic carbocycles. The van der Waals surface area contributed by atoms with E-state index in [-0.39, 0.29) is 5.56 Å². The Morgan fingerprint density at radius 1 is 0.931 bits per heavy atom. The van der Waals surface area contributed by atoms with E-state index in [4.69, 9.17) is 4.74 Å². The number of likely N-dealkylation sites (N-methyl/N-ethyl adjacent to an activating group) is 1. The Kier molecular flexibility index (Phi) is 7.31. The number of rotatable bonds is 7. The number of halogens is 2. The summed E-state index contributed by atoms with van der Waals surface area (Å²) >= 11 is 0. The van der Waals surface area contributed by atoms with E-state index in [0.29, 0.717) is 11.7 Å². The third-order valence-electron chi connectivity index (χ3n) is 4.62. The number of hydrogen-bond acceptors (Lipinski definition) is 3. The Bertz CT molecular complexity index is 900. The second-order valence-electron chi connectivity index (χ2n) is 7.17. The predicted octanol–water partition coefficient (Wildman–Crippen LogP) is 3.77. The zero-order valence-corrected chi connectivity index (χ0v) is 17.2. The van der Waals surface area contributed by atoms with Gasteiger partial charge in [0.1, 0.15) is 11.8 Å². The zero-order chi connectivity index (χ0) is 21.7. The van der Waals surface area contributed by atoms with Gasteiger partial charge < -0.3 is 15.4 Å². The lowest BCUT2D eigenvalue weighted by Gasteiger charge is -2.22. The summed E-state index contributed by atoms with van der Waals surface area (Å²) in [5, 5.41) is 4.95. The van der Waals surface area contributed by atoms with Crippen molar-refractivity contribution in [2.45, 2.75) is 45.8 Å². The third-order valence-corrected chi connectivity index (χ3v) is 4.62. The van der Waals surface area contributed by atoms with Gasteiger partial charge in [-0.05, 0) is 54.7 Å². The maximum absolute atomic E-state index is 13.6. The van der Waals surface area contributed by atoms with E-state index in [9.17, 15) is 18.4 Å². The molecule has 2 atom stereocenters. The highest BCUT2D eigenvalue weighted by Crippen LogP contribution is 2.25. The summed E-state index contributed by atoms with van der Waals surface area (Å²) in [5.41, 5.74) is 2.07. The molecule has 2 aromatic carbocycles. The molecule has 0 heterocycles. The lowest BCUT2D eigenvalue weighted by Crippen LogP contribution is -2.44. The van der Waals surface area contributed by atoms with Gasteiger partial charge in [0.2, 0.25) is 5.91 Å². The van der Waals surface area contributed by atoms with Gasteiger partial charge in [-0.3, -0.25) is 9.59 Å². The molecule has 0 saturated carbocycles. The molecular formula is C22H26F2N2O3. The lowest BCUT2D eigenvalue weighted by molar-refractivity contribution is -0.132. The fourth-order valence-corrected chi connectivity index (χ4v) is 2.74. The molecule has 0 aliphatic heterocycles. The molecule has 7 heteroatoms. The third kappa shape index (κ3) is 5.53. The van der Waals surface area contributed by atoms with Crippen LogP contribution in [0.5, 0.6) is 5.75 Å². The quantitative estimate of drug-likeness (QED) is 0.738. The van der Waals surface area contributed by atoms with Gasteiger partial charge in [0.05, 0.1) is 0 Å². The average molecular weight is 404 g/mol. The van der Waals surface area contributed by atoms with Crippen LogP contribution < -0.4 is 15.4 Å². The summed E-state index contributed by atoms with van der Waals surface area (Å²) < 4.78 is 32.6. The monoisotopic (exact) mass is 404 g/mol. The van der Waals surface area contributed by atoms with Crippen LogP contribution in [0.1, 0.15) is 49.4 Å². The molecule has 0 saturated heterocycles. The Balaban J connectivity index is 2.19. The highest BCUT2D eigenvalue weighted by molar-refractivity contribution is 5.90. The second-order valence-corrected chi connectivity index (χ2v) is 7.17. The number of nitrogens with one attached hydrogen (secondary N) is 2. The van der Waals surface area contributed by atoms with E-state index >= 15 is 0 Å². The van der Waals surface area contributed by atoms with Gasteiger partial charge in [-0.2, -0.15) is 0 Å². The van der Waals surface area contributed by atoms with Gasteiger partial charge in [-0.15, -0.1) is 0 Å².